The van der Waals surface area contributed by atoms with Gasteiger partial charge in [-0.05, 0) is 30.2 Å². The van der Waals surface area contributed by atoms with Crippen molar-refractivity contribution in [3.63, 3.8) is 0 Å². The van der Waals surface area contributed by atoms with Crippen LogP contribution in [0.5, 0.6) is 0 Å². The van der Waals surface area contributed by atoms with Crippen LogP contribution in [-0.2, 0) is 11.2 Å². The van der Waals surface area contributed by atoms with Gasteiger partial charge in [0.15, 0.2) is 5.22 Å². The molecule has 3 heteroatoms. The van der Waals surface area contributed by atoms with Crippen molar-refractivity contribution in [2.45, 2.75) is 13.3 Å². The molecule has 1 heterocycles. The fourth-order valence-electron chi connectivity index (χ4n) is 1.44. The van der Waals surface area contributed by atoms with E-state index in [2.05, 4.69) is 0 Å². The first-order valence-corrected chi connectivity index (χ1v) is 4.70. The Balaban J connectivity index is 2.45. The van der Waals surface area contributed by atoms with Crippen molar-refractivity contribution in [3.8, 4) is 0 Å². The Kier molecular flexibility index (Phi) is 2.30. The summed E-state index contributed by atoms with van der Waals surface area (Å²) in [6.07, 6.45) is 0.439. The Bertz CT molecular complexity index is 485. The summed E-state index contributed by atoms with van der Waals surface area (Å²) in [5.74, 6) is 0.141. The third kappa shape index (κ3) is 1.80. The van der Waals surface area contributed by atoms with E-state index in [0.717, 1.165) is 16.5 Å². The topological polar surface area (TPSA) is 30.2 Å². The molecule has 1 aromatic carbocycles. The van der Waals surface area contributed by atoms with Crippen LogP contribution in [0.3, 0.4) is 0 Å². The molecule has 0 aliphatic heterocycles. The molecule has 14 heavy (non-hydrogen) atoms. The number of ketones is 1. The predicted octanol–water partition coefficient (Wildman–Crippen LogP) is 3.22. The highest BCUT2D eigenvalue weighted by Crippen LogP contribution is 2.23. The molecule has 2 aromatic rings. The number of hydrogen-bond acceptors (Lipinski definition) is 2. The molecule has 0 saturated heterocycles. The molecule has 0 bridgehead atoms. The molecular formula is C11H9ClO2. The van der Waals surface area contributed by atoms with Gasteiger partial charge in [-0.15, -0.1) is 0 Å². The molecule has 0 aliphatic rings. The molecule has 72 valence electrons. The molecule has 0 fully saturated rings. The zero-order chi connectivity index (χ0) is 10.1. The lowest BCUT2D eigenvalue weighted by molar-refractivity contribution is -0.116. The summed E-state index contributed by atoms with van der Waals surface area (Å²) in [6.45, 7) is 1.57. The highest BCUT2D eigenvalue weighted by atomic mass is 35.5. The van der Waals surface area contributed by atoms with Crippen LogP contribution < -0.4 is 0 Å². The van der Waals surface area contributed by atoms with E-state index in [0.29, 0.717) is 11.6 Å². The summed E-state index contributed by atoms with van der Waals surface area (Å²) in [5, 5.41) is 1.34. The number of rotatable bonds is 2. The van der Waals surface area contributed by atoms with E-state index in [9.17, 15) is 4.79 Å². The maximum Gasteiger partial charge on any atom is 0.194 e. The Morgan fingerprint density at radius 1 is 1.43 bits per heavy atom. The van der Waals surface area contributed by atoms with Gasteiger partial charge >= 0.3 is 0 Å². The lowest BCUT2D eigenvalue weighted by Gasteiger charge is -1.96. The first-order valence-electron chi connectivity index (χ1n) is 4.32. The summed E-state index contributed by atoms with van der Waals surface area (Å²) in [5.41, 5.74) is 1.68. The lowest BCUT2D eigenvalue weighted by atomic mass is 10.1. The number of carbonyl (C=O) groups is 1. The van der Waals surface area contributed by atoms with Crippen LogP contribution >= 0.6 is 11.6 Å². The van der Waals surface area contributed by atoms with Crippen molar-refractivity contribution in [2.24, 2.45) is 0 Å². The number of halogens is 1. The van der Waals surface area contributed by atoms with Crippen LogP contribution in [0.4, 0.5) is 0 Å². The SMILES string of the molecule is CC(=O)Cc1ccc2cc(Cl)oc2c1. The van der Waals surface area contributed by atoms with Gasteiger partial charge in [0.05, 0.1) is 0 Å². The summed E-state index contributed by atoms with van der Waals surface area (Å²) in [7, 11) is 0. The lowest BCUT2D eigenvalue weighted by Crippen LogP contribution is -1.95. The largest absolute Gasteiger partial charge is 0.445 e. The smallest absolute Gasteiger partial charge is 0.194 e. The highest BCUT2D eigenvalue weighted by Gasteiger charge is 2.03. The van der Waals surface area contributed by atoms with Gasteiger partial charge in [-0.25, -0.2) is 0 Å². The molecule has 0 atom stereocenters. The van der Waals surface area contributed by atoms with Crippen LogP contribution in [0, 0.1) is 0 Å². The zero-order valence-electron chi connectivity index (χ0n) is 7.71. The summed E-state index contributed by atoms with van der Waals surface area (Å²) in [6, 6.07) is 7.43. The van der Waals surface area contributed by atoms with Gasteiger partial charge in [0.1, 0.15) is 11.4 Å². The van der Waals surface area contributed by atoms with Crippen molar-refractivity contribution in [3.05, 3.63) is 35.0 Å². The second kappa shape index (κ2) is 3.46. The predicted molar refractivity (Wildman–Crippen MR) is 55.6 cm³/mol. The first-order chi connectivity index (χ1) is 6.65. The maximum absolute atomic E-state index is 10.9. The molecule has 0 saturated carbocycles. The van der Waals surface area contributed by atoms with Gasteiger partial charge in [0.25, 0.3) is 0 Å². The Labute approximate surface area is 86.5 Å². The van der Waals surface area contributed by atoms with E-state index < -0.39 is 0 Å². The van der Waals surface area contributed by atoms with Gasteiger partial charge in [0.2, 0.25) is 0 Å². The number of carbonyl (C=O) groups excluding carboxylic acids is 1. The molecule has 0 spiro atoms. The van der Waals surface area contributed by atoms with E-state index in [4.69, 9.17) is 16.0 Å². The van der Waals surface area contributed by atoms with Crippen molar-refractivity contribution >= 4 is 28.4 Å². The normalized spacial score (nSPS) is 10.7. The van der Waals surface area contributed by atoms with Crippen molar-refractivity contribution in [1.82, 2.24) is 0 Å². The van der Waals surface area contributed by atoms with Gasteiger partial charge in [-0.2, -0.15) is 0 Å². The molecule has 0 amide bonds. The van der Waals surface area contributed by atoms with Gasteiger partial charge in [0, 0.05) is 17.9 Å². The molecule has 0 unspecified atom stereocenters. The van der Waals surface area contributed by atoms with Crippen molar-refractivity contribution < 1.29 is 9.21 Å². The standard InChI is InChI=1S/C11H9ClO2/c1-7(13)4-8-2-3-9-6-11(12)14-10(9)5-8/h2-3,5-6H,4H2,1H3. The minimum Gasteiger partial charge on any atom is -0.445 e. The fraction of sp³-hybridized carbons (Fsp3) is 0.182. The Morgan fingerprint density at radius 2 is 2.21 bits per heavy atom. The van der Waals surface area contributed by atoms with Gasteiger partial charge in [-0.1, -0.05) is 12.1 Å². The number of fused-ring (bicyclic) bond motifs is 1. The van der Waals surface area contributed by atoms with E-state index in [-0.39, 0.29) is 5.78 Å². The van der Waals surface area contributed by atoms with Gasteiger partial charge < -0.3 is 4.42 Å². The second-order valence-electron chi connectivity index (χ2n) is 3.30. The first kappa shape index (κ1) is 9.28. The maximum atomic E-state index is 10.9. The highest BCUT2D eigenvalue weighted by molar-refractivity contribution is 6.29. The average molecular weight is 209 g/mol. The van der Waals surface area contributed by atoms with E-state index in [1.54, 1.807) is 13.0 Å². The van der Waals surface area contributed by atoms with Crippen molar-refractivity contribution in [1.29, 1.82) is 0 Å². The fourth-order valence-corrected chi connectivity index (χ4v) is 1.64. The van der Waals surface area contributed by atoms with E-state index >= 15 is 0 Å². The summed E-state index contributed by atoms with van der Waals surface area (Å²) in [4.78, 5) is 10.9. The molecule has 2 rings (SSSR count). The van der Waals surface area contributed by atoms with Crippen LogP contribution in [0.2, 0.25) is 5.22 Å². The number of benzene rings is 1. The minimum atomic E-state index is 0.141. The number of hydrogen-bond donors (Lipinski definition) is 0. The quantitative estimate of drug-likeness (QED) is 0.759. The molecule has 2 nitrogen and oxygen atoms in total. The van der Waals surface area contributed by atoms with Gasteiger partial charge in [-0.3, -0.25) is 4.79 Å². The zero-order valence-corrected chi connectivity index (χ0v) is 8.47. The molecule has 1 aromatic heterocycles. The summed E-state index contributed by atoms with van der Waals surface area (Å²) >= 11 is 5.71. The van der Waals surface area contributed by atoms with E-state index in [1.165, 1.54) is 0 Å². The molecule has 0 N–H and O–H groups in total. The number of furan rings is 1. The average Bonchev–Trinajstić information content (AvgIpc) is 2.42. The van der Waals surface area contributed by atoms with Crippen molar-refractivity contribution in [2.75, 3.05) is 0 Å². The van der Waals surface area contributed by atoms with Crippen LogP contribution in [-0.4, -0.2) is 5.78 Å². The third-order valence-corrected chi connectivity index (χ3v) is 2.19. The van der Waals surface area contributed by atoms with Crippen LogP contribution in [0.15, 0.2) is 28.7 Å². The third-order valence-electron chi connectivity index (χ3n) is 2.01. The van der Waals surface area contributed by atoms with Crippen LogP contribution in [0.1, 0.15) is 12.5 Å². The summed E-state index contributed by atoms with van der Waals surface area (Å²) < 4.78 is 5.24. The molecule has 0 aliphatic carbocycles. The Morgan fingerprint density at radius 3 is 2.93 bits per heavy atom. The van der Waals surface area contributed by atoms with E-state index in [1.807, 2.05) is 18.2 Å². The Hall–Kier alpha value is -1.28. The molecule has 0 radical (unpaired) electrons. The van der Waals surface area contributed by atoms with Crippen LogP contribution in [0.25, 0.3) is 11.0 Å². The minimum absolute atomic E-state index is 0.141. The monoisotopic (exact) mass is 208 g/mol. The number of Topliss-reactive ketones (excluding diaryl/α,β-unsaturated/α-hetero) is 1. The molecular weight excluding hydrogens is 200 g/mol. The second-order valence-corrected chi connectivity index (χ2v) is 3.67.